The third kappa shape index (κ3) is 4.48. The molecule has 0 aliphatic rings. The summed E-state index contributed by atoms with van der Waals surface area (Å²) < 4.78 is 5.12. The summed E-state index contributed by atoms with van der Waals surface area (Å²) in [6.07, 6.45) is 0. The van der Waals surface area contributed by atoms with Gasteiger partial charge in [0.25, 0.3) is 0 Å². The SMILES string of the molecule is COc1ccc(CNC(=O)Nc2cccc(-c3n[nH]c4ccc(C(=O)O)cc34)c2)cc1. The number of aromatic nitrogens is 2. The summed E-state index contributed by atoms with van der Waals surface area (Å²) in [5, 5.41) is 22.8. The maximum Gasteiger partial charge on any atom is 0.335 e. The Kier molecular flexibility index (Phi) is 5.53. The Bertz CT molecular complexity index is 1250. The number of hydrogen-bond acceptors (Lipinski definition) is 4. The van der Waals surface area contributed by atoms with Gasteiger partial charge in [-0.05, 0) is 48.0 Å². The number of fused-ring (bicyclic) bond motifs is 1. The Morgan fingerprint density at radius 3 is 2.61 bits per heavy atom. The number of anilines is 1. The number of urea groups is 1. The molecule has 0 unspecified atom stereocenters. The van der Waals surface area contributed by atoms with E-state index in [1.807, 2.05) is 30.3 Å². The number of benzene rings is 3. The molecule has 1 aromatic heterocycles. The first-order valence-corrected chi connectivity index (χ1v) is 9.53. The highest BCUT2D eigenvalue weighted by Gasteiger charge is 2.12. The minimum atomic E-state index is -1.00. The fraction of sp³-hybridized carbons (Fsp3) is 0.0870. The first kappa shape index (κ1) is 20.0. The van der Waals surface area contributed by atoms with Crippen molar-refractivity contribution in [3.05, 3.63) is 77.9 Å². The van der Waals surface area contributed by atoms with Crippen LogP contribution in [0.3, 0.4) is 0 Å². The van der Waals surface area contributed by atoms with Crippen molar-refractivity contribution in [3.63, 3.8) is 0 Å². The molecule has 2 amide bonds. The molecular weight excluding hydrogens is 396 g/mol. The van der Waals surface area contributed by atoms with Gasteiger partial charge in [0.1, 0.15) is 5.75 Å². The molecule has 156 valence electrons. The molecule has 0 aliphatic heterocycles. The molecular formula is C23H20N4O4. The molecule has 0 saturated carbocycles. The number of carboxylic acid groups (broad SMARTS) is 1. The summed E-state index contributed by atoms with van der Waals surface area (Å²) in [6.45, 7) is 0.373. The van der Waals surface area contributed by atoms with Crippen LogP contribution in [0.1, 0.15) is 15.9 Å². The predicted molar refractivity (Wildman–Crippen MR) is 117 cm³/mol. The van der Waals surface area contributed by atoms with Crippen molar-refractivity contribution in [2.24, 2.45) is 0 Å². The van der Waals surface area contributed by atoms with E-state index in [1.165, 1.54) is 6.07 Å². The number of H-pyrrole nitrogens is 1. The van der Waals surface area contributed by atoms with Crippen LogP contribution in [0.4, 0.5) is 10.5 Å². The maximum absolute atomic E-state index is 12.3. The van der Waals surface area contributed by atoms with E-state index in [0.717, 1.165) is 22.4 Å². The molecule has 0 saturated heterocycles. The molecule has 4 N–H and O–H groups in total. The van der Waals surface area contributed by atoms with Crippen molar-refractivity contribution < 1.29 is 19.4 Å². The van der Waals surface area contributed by atoms with Crippen LogP contribution < -0.4 is 15.4 Å². The van der Waals surface area contributed by atoms with Crippen LogP contribution in [0, 0.1) is 0 Å². The summed E-state index contributed by atoms with van der Waals surface area (Å²) >= 11 is 0. The van der Waals surface area contributed by atoms with Crippen LogP contribution in [-0.4, -0.2) is 34.4 Å². The molecule has 3 aromatic carbocycles. The topological polar surface area (TPSA) is 116 Å². The third-order valence-electron chi connectivity index (χ3n) is 4.82. The van der Waals surface area contributed by atoms with Crippen LogP contribution in [0.5, 0.6) is 5.75 Å². The number of carbonyl (C=O) groups is 2. The van der Waals surface area contributed by atoms with Gasteiger partial charge in [-0.25, -0.2) is 9.59 Å². The van der Waals surface area contributed by atoms with Gasteiger partial charge in [0.15, 0.2) is 0 Å². The molecule has 4 aromatic rings. The van der Waals surface area contributed by atoms with E-state index < -0.39 is 5.97 Å². The standard InChI is InChI=1S/C23H20N4O4/c1-31-18-8-5-14(6-9-18)13-24-23(30)25-17-4-2-3-15(11-17)21-19-12-16(22(28)29)7-10-20(19)26-27-21/h2-12H,13H2,1H3,(H,26,27)(H,28,29)(H2,24,25,30). The van der Waals surface area contributed by atoms with Gasteiger partial charge in [-0.15, -0.1) is 0 Å². The van der Waals surface area contributed by atoms with E-state index >= 15 is 0 Å². The predicted octanol–water partition coefficient (Wildman–Crippen LogP) is 4.26. The lowest BCUT2D eigenvalue weighted by atomic mass is 10.1. The first-order valence-electron chi connectivity index (χ1n) is 9.53. The summed E-state index contributed by atoms with van der Waals surface area (Å²) in [5.74, 6) is -0.246. The Morgan fingerprint density at radius 1 is 1.06 bits per heavy atom. The van der Waals surface area contributed by atoms with Crippen LogP contribution >= 0.6 is 0 Å². The van der Waals surface area contributed by atoms with E-state index in [1.54, 1.807) is 37.4 Å². The Morgan fingerprint density at radius 2 is 1.87 bits per heavy atom. The highest BCUT2D eigenvalue weighted by Crippen LogP contribution is 2.28. The maximum atomic E-state index is 12.3. The largest absolute Gasteiger partial charge is 0.497 e. The molecule has 0 radical (unpaired) electrons. The molecule has 0 aliphatic carbocycles. The molecule has 0 atom stereocenters. The van der Waals surface area contributed by atoms with Crippen LogP contribution in [0.25, 0.3) is 22.2 Å². The number of methoxy groups -OCH3 is 1. The summed E-state index contributed by atoms with van der Waals surface area (Å²) in [7, 11) is 1.60. The second-order valence-electron chi connectivity index (χ2n) is 6.87. The van der Waals surface area contributed by atoms with E-state index in [-0.39, 0.29) is 11.6 Å². The Balaban J connectivity index is 1.48. The normalized spacial score (nSPS) is 10.6. The van der Waals surface area contributed by atoms with Crippen molar-refractivity contribution in [2.75, 3.05) is 12.4 Å². The monoisotopic (exact) mass is 416 g/mol. The van der Waals surface area contributed by atoms with E-state index in [0.29, 0.717) is 23.3 Å². The zero-order chi connectivity index (χ0) is 21.8. The quantitative estimate of drug-likeness (QED) is 0.375. The third-order valence-corrected chi connectivity index (χ3v) is 4.82. The zero-order valence-corrected chi connectivity index (χ0v) is 16.7. The number of nitrogens with one attached hydrogen (secondary N) is 3. The molecule has 8 nitrogen and oxygen atoms in total. The average Bonchev–Trinajstić information content (AvgIpc) is 3.21. The smallest absolute Gasteiger partial charge is 0.335 e. The first-order chi connectivity index (χ1) is 15.0. The minimum absolute atomic E-state index is 0.183. The van der Waals surface area contributed by atoms with Gasteiger partial charge < -0.3 is 20.5 Å². The second kappa shape index (κ2) is 8.58. The lowest BCUT2D eigenvalue weighted by molar-refractivity contribution is 0.0697. The van der Waals surface area contributed by atoms with E-state index in [2.05, 4.69) is 20.8 Å². The van der Waals surface area contributed by atoms with Gasteiger partial charge in [0.05, 0.1) is 23.9 Å². The number of rotatable bonds is 6. The van der Waals surface area contributed by atoms with Crippen molar-refractivity contribution in [1.29, 1.82) is 0 Å². The number of nitrogens with zero attached hydrogens (tertiary/aromatic N) is 1. The van der Waals surface area contributed by atoms with Crippen molar-refractivity contribution in [3.8, 4) is 17.0 Å². The molecule has 4 rings (SSSR count). The van der Waals surface area contributed by atoms with Crippen molar-refractivity contribution >= 4 is 28.6 Å². The number of ether oxygens (including phenoxy) is 1. The number of amides is 2. The van der Waals surface area contributed by atoms with Crippen molar-refractivity contribution in [1.82, 2.24) is 15.5 Å². The van der Waals surface area contributed by atoms with Gasteiger partial charge in [-0.1, -0.05) is 24.3 Å². The van der Waals surface area contributed by atoms with Crippen molar-refractivity contribution in [2.45, 2.75) is 6.54 Å². The fourth-order valence-electron chi connectivity index (χ4n) is 3.21. The van der Waals surface area contributed by atoms with Crippen LogP contribution in [0.15, 0.2) is 66.7 Å². The molecule has 1 heterocycles. The summed E-state index contributed by atoms with van der Waals surface area (Å²) in [6, 6.07) is 19.1. The molecule has 31 heavy (non-hydrogen) atoms. The fourth-order valence-corrected chi connectivity index (χ4v) is 3.21. The average molecular weight is 416 g/mol. The lowest BCUT2D eigenvalue weighted by Crippen LogP contribution is -2.28. The second-order valence-corrected chi connectivity index (χ2v) is 6.87. The minimum Gasteiger partial charge on any atom is -0.497 e. The zero-order valence-electron chi connectivity index (χ0n) is 16.7. The number of hydrogen-bond donors (Lipinski definition) is 4. The number of carboxylic acids is 1. The Hall–Kier alpha value is -4.33. The highest BCUT2D eigenvalue weighted by molar-refractivity contribution is 5.99. The van der Waals surface area contributed by atoms with Gasteiger partial charge in [-0.3, -0.25) is 5.10 Å². The van der Waals surface area contributed by atoms with Gasteiger partial charge in [0.2, 0.25) is 0 Å². The summed E-state index contributed by atoms with van der Waals surface area (Å²) in [5.41, 5.74) is 3.82. The lowest BCUT2D eigenvalue weighted by Gasteiger charge is -2.09. The highest BCUT2D eigenvalue weighted by atomic mass is 16.5. The molecule has 8 heteroatoms. The van der Waals surface area contributed by atoms with Crippen LogP contribution in [-0.2, 0) is 6.54 Å². The van der Waals surface area contributed by atoms with E-state index in [9.17, 15) is 14.7 Å². The number of carbonyl (C=O) groups excluding carboxylic acids is 1. The van der Waals surface area contributed by atoms with Gasteiger partial charge in [0, 0.05) is 23.2 Å². The molecule has 0 bridgehead atoms. The Labute approximate surface area is 177 Å². The van der Waals surface area contributed by atoms with Crippen LogP contribution in [0.2, 0.25) is 0 Å². The van der Waals surface area contributed by atoms with Gasteiger partial charge >= 0.3 is 12.0 Å². The van der Waals surface area contributed by atoms with Gasteiger partial charge in [-0.2, -0.15) is 5.10 Å². The number of aromatic carboxylic acids is 1. The summed E-state index contributed by atoms with van der Waals surface area (Å²) in [4.78, 5) is 23.6. The molecule has 0 fully saturated rings. The number of aromatic amines is 1. The molecule has 0 spiro atoms. The van der Waals surface area contributed by atoms with E-state index in [4.69, 9.17) is 4.74 Å².